The quantitative estimate of drug-likeness (QED) is 0.828. The minimum Gasteiger partial charge on any atom is -0.395 e. The van der Waals surface area contributed by atoms with Gasteiger partial charge in [0.2, 0.25) is 0 Å². The molecular formula is C12H18ClNO. The zero-order chi connectivity index (χ0) is 11.4. The van der Waals surface area contributed by atoms with Crippen LogP contribution in [0.2, 0.25) is 5.02 Å². The summed E-state index contributed by atoms with van der Waals surface area (Å²) in [5.41, 5.74) is 3.65. The van der Waals surface area contributed by atoms with E-state index in [-0.39, 0.29) is 12.6 Å². The summed E-state index contributed by atoms with van der Waals surface area (Å²) in [5, 5.41) is 12.9. The fourth-order valence-electron chi connectivity index (χ4n) is 1.56. The molecule has 0 unspecified atom stereocenters. The lowest BCUT2D eigenvalue weighted by Gasteiger charge is -2.14. The second-order valence-electron chi connectivity index (χ2n) is 3.98. The average Bonchev–Trinajstić information content (AvgIpc) is 2.15. The second kappa shape index (κ2) is 5.50. The summed E-state index contributed by atoms with van der Waals surface area (Å²) in [6.07, 6.45) is 0. The van der Waals surface area contributed by atoms with Gasteiger partial charge >= 0.3 is 0 Å². The van der Waals surface area contributed by atoms with Gasteiger partial charge in [0.15, 0.2) is 0 Å². The first kappa shape index (κ1) is 12.5. The number of hydrogen-bond acceptors (Lipinski definition) is 2. The van der Waals surface area contributed by atoms with Crippen molar-refractivity contribution in [3.8, 4) is 0 Å². The van der Waals surface area contributed by atoms with Crippen molar-refractivity contribution in [3.05, 3.63) is 33.8 Å². The van der Waals surface area contributed by atoms with Gasteiger partial charge in [-0.05, 0) is 49.6 Å². The highest BCUT2D eigenvalue weighted by molar-refractivity contribution is 6.30. The van der Waals surface area contributed by atoms with E-state index in [0.717, 1.165) is 11.6 Å². The molecule has 15 heavy (non-hydrogen) atoms. The van der Waals surface area contributed by atoms with Crippen molar-refractivity contribution in [2.24, 2.45) is 0 Å². The van der Waals surface area contributed by atoms with E-state index in [4.69, 9.17) is 16.7 Å². The second-order valence-corrected chi connectivity index (χ2v) is 4.42. The van der Waals surface area contributed by atoms with Crippen molar-refractivity contribution in [1.29, 1.82) is 0 Å². The third-order valence-electron chi connectivity index (χ3n) is 2.56. The number of benzene rings is 1. The van der Waals surface area contributed by atoms with Crippen LogP contribution in [0.15, 0.2) is 12.1 Å². The maximum Gasteiger partial charge on any atom is 0.0582 e. The summed E-state index contributed by atoms with van der Waals surface area (Å²) in [6.45, 7) is 7.00. The van der Waals surface area contributed by atoms with E-state index >= 15 is 0 Å². The molecule has 0 aliphatic rings. The molecule has 1 aromatic rings. The summed E-state index contributed by atoms with van der Waals surface area (Å²) in [6, 6.07) is 4.06. The number of aryl methyl sites for hydroxylation is 2. The Morgan fingerprint density at radius 1 is 1.33 bits per heavy atom. The smallest absolute Gasteiger partial charge is 0.0582 e. The van der Waals surface area contributed by atoms with Crippen LogP contribution in [0.3, 0.4) is 0 Å². The van der Waals surface area contributed by atoms with Gasteiger partial charge in [0.25, 0.3) is 0 Å². The standard InChI is InChI=1S/C12H18ClNO/c1-8-4-11(13)5-9(2)12(8)6-14-10(3)7-15/h4-5,10,14-15H,6-7H2,1-3H3/t10-/m0/s1. The molecule has 84 valence electrons. The lowest BCUT2D eigenvalue weighted by molar-refractivity contribution is 0.251. The highest BCUT2D eigenvalue weighted by Gasteiger charge is 2.05. The van der Waals surface area contributed by atoms with Crippen LogP contribution < -0.4 is 5.32 Å². The van der Waals surface area contributed by atoms with E-state index in [1.807, 2.05) is 19.1 Å². The Morgan fingerprint density at radius 2 is 1.87 bits per heavy atom. The van der Waals surface area contributed by atoms with Crippen LogP contribution in [0.1, 0.15) is 23.6 Å². The molecular weight excluding hydrogens is 210 g/mol. The number of rotatable bonds is 4. The monoisotopic (exact) mass is 227 g/mol. The van der Waals surface area contributed by atoms with Gasteiger partial charge in [-0.15, -0.1) is 0 Å². The first-order chi connectivity index (χ1) is 7.04. The Bertz CT molecular complexity index is 315. The topological polar surface area (TPSA) is 32.3 Å². The van der Waals surface area contributed by atoms with Crippen LogP contribution in [0.4, 0.5) is 0 Å². The van der Waals surface area contributed by atoms with E-state index in [9.17, 15) is 0 Å². The minimum absolute atomic E-state index is 0.125. The summed E-state index contributed by atoms with van der Waals surface area (Å²) < 4.78 is 0. The Balaban J connectivity index is 2.77. The summed E-state index contributed by atoms with van der Waals surface area (Å²) >= 11 is 5.95. The molecule has 0 fully saturated rings. The maximum absolute atomic E-state index is 8.91. The normalized spacial score (nSPS) is 12.9. The molecule has 0 saturated carbocycles. The number of aliphatic hydroxyl groups excluding tert-OH is 1. The van der Waals surface area contributed by atoms with Gasteiger partial charge in [0, 0.05) is 17.6 Å². The predicted octanol–water partition coefficient (Wildman–Crippen LogP) is 2.43. The van der Waals surface area contributed by atoms with Crippen LogP contribution in [0.25, 0.3) is 0 Å². The van der Waals surface area contributed by atoms with E-state index in [0.29, 0.717) is 0 Å². The highest BCUT2D eigenvalue weighted by atomic mass is 35.5. The van der Waals surface area contributed by atoms with Gasteiger partial charge in [-0.2, -0.15) is 0 Å². The summed E-state index contributed by atoms with van der Waals surface area (Å²) in [7, 11) is 0. The number of nitrogens with one attached hydrogen (secondary N) is 1. The van der Waals surface area contributed by atoms with Crippen LogP contribution >= 0.6 is 11.6 Å². The Hall–Kier alpha value is -0.570. The van der Waals surface area contributed by atoms with E-state index in [1.165, 1.54) is 16.7 Å². The minimum atomic E-state index is 0.125. The van der Waals surface area contributed by atoms with Crippen molar-refractivity contribution < 1.29 is 5.11 Å². The molecule has 0 aromatic heterocycles. The van der Waals surface area contributed by atoms with Crippen LogP contribution in [-0.4, -0.2) is 17.8 Å². The first-order valence-electron chi connectivity index (χ1n) is 5.14. The molecule has 0 bridgehead atoms. The molecule has 1 aromatic carbocycles. The van der Waals surface area contributed by atoms with Crippen LogP contribution in [0.5, 0.6) is 0 Å². The fraction of sp³-hybridized carbons (Fsp3) is 0.500. The SMILES string of the molecule is Cc1cc(Cl)cc(C)c1CN[C@@H](C)CO. The lowest BCUT2D eigenvalue weighted by Crippen LogP contribution is -2.29. The molecule has 0 aliphatic carbocycles. The van der Waals surface area contributed by atoms with E-state index < -0.39 is 0 Å². The average molecular weight is 228 g/mol. The van der Waals surface area contributed by atoms with E-state index in [1.54, 1.807) is 0 Å². The largest absolute Gasteiger partial charge is 0.395 e. The molecule has 0 saturated heterocycles. The molecule has 0 amide bonds. The molecule has 0 aliphatic heterocycles. The lowest BCUT2D eigenvalue weighted by atomic mass is 10.0. The van der Waals surface area contributed by atoms with Gasteiger partial charge in [0.05, 0.1) is 6.61 Å². The van der Waals surface area contributed by atoms with E-state index in [2.05, 4.69) is 19.2 Å². The zero-order valence-corrected chi connectivity index (χ0v) is 10.2. The molecule has 2 nitrogen and oxygen atoms in total. The van der Waals surface area contributed by atoms with Crippen molar-refractivity contribution in [2.75, 3.05) is 6.61 Å². The Kier molecular flexibility index (Phi) is 4.58. The van der Waals surface area contributed by atoms with Crippen molar-refractivity contribution in [1.82, 2.24) is 5.32 Å². The van der Waals surface area contributed by atoms with Crippen LogP contribution in [0, 0.1) is 13.8 Å². The van der Waals surface area contributed by atoms with Gasteiger partial charge in [-0.3, -0.25) is 0 Å². The molecule has 0 radical (unpaired) electrons. The summed E-state index contributed by atoms with van der Waals surface area (Å²) in [4.78, 5) is 0. The molecule has 1 rings (SSSR count). The van der Waals surface area contributed by atoms with Gasteiger partial charge in [-0.1, -0.05) is 11.6 Å². The first-order valence-corrected chi connectivity index (χ1v) is 5.52. The van der Waals surface area contributed by atoms with Gasteiger partial charge in [-0.25, -0.2) is 0 Å². The zero-order valence-electron chi connectivity index (χ0n) is 9.47. The third-order valence-corrected chi connectivity index (χ3v) is 2.78. The molecule has 0 heterocycles. The molecule has 2 N–H and O–H groups in total. The fourth-order valence-corrected chi connectivity index (χ4v) is 1.89. The number of aliphatic hydroxyl groups is 1. The molecule has 3 heteroatoms. The number of hydrogen-bond donors (Lipinski definition) is 2. The third kappa shape index (κ3) is 3.49. The summed E-state index contributed by atoms with van der Waals surface area (Å²) in [5.74, 6) is 0. The Labute approximate surface area is 96.3 Å². The number of halogens is 1. The molecule has 0 spiro atoms. The van der Waals surface area contributed by atoms with Crippen molar-refractivity contribution in [2.45, 2.75) is 33.4 Å². The predicted molar refractivity (Wildman–Crippen MR) is 64.3 cm³/mol. The van der Waals surface area contributed by atoms with Crippen molar-refractivity contribution >= 4 is 11.6 Å². The maximum atomic E-state index is 8.91. The van der Waals surface area contributed by atoms with Gasteiger partial charge in [0.1, 0.15) is 0 Å². The van der Waals surface area contributed by atoms with Gasteiger partial charge < -0.3 is 10.4 Å². The van der Waals surface area contributed by atoms with Crippen LogP contribution in [-0.2, 0) is 6.54 Å². The highest BCUT2D eigenvalue weighted by Crippen LogP contribution is 2.19. The molecule has 1 atom stereocenters. The Morgan fingerprint density at radius 3 is 2.33 bits per heavy atom. The van der Waals surface area contributed by atoms with Crippen molar-refractivity contribution in [3.63, 3.8) is 0 Å².